The van der Waals surface area contributed by atoms with Gasteiger partial charge in [0.2, 0.25) is 5.95 Å². The van der Waals surface area contributed by atoms with E-state index in [2.05, 4.69) is 27.1 Å². The number of hydrogen-bond donors (Lipinski definition) is 1. The average Bonchev–Trinajstić information content (AvgIpc) is 2.30. The fourth-order valence-corrected chi connectivity index (χ4v) is 2.24. The molecule has 0 aliphatic carbocycles. The van der Waals surface area contributed by atoms with E-state index in [0.29, 0.717) is 5.82 Å². The van der Waals surface area contributed by atoms with Crippen LogP contribution >= 0.6 is 0 Å². The number of halogens is 1. The van der Waals surface area contributed by atoms with E-state index in [1.54, 1.807) is 0 Å². The van der Waals surface area contributed by atoms with Crippen LogP contribution in [0.25, 0.3) is 0 Å². The summed E-state index contributed by atoms with van der Waals surface area (Å²) in [6, 6.07) is 1.59. The number of piperidine rings is 1. The van der Waals surface area contributed by atoms with Gasteiger partial charge in [-0.25, -0.2) is 9.97 Å². The predicted octanol–water partition coefficient (Wildman–Crippen LogP) is 1.90. The standard InChI is InChI=1S/C12H19FN4/c1-10(8-17-5-3-2-4-6-17)16-12-7-11(13)14-9-15-12/h7,9-10H,2-6,8H2,1H3,(H,14,15,16). The minimum atomic E-state index is -0.493. The minimum absolute atomic E-state index is 0.266. The van der Waals surface area contributed by atoms with Gasteiger partial charge in [0.1, 0.15) is 12.1 Å². The van der Waals surface area contributed by atoms with Crippen LogP contribution in [-0.2, 0) is 0 Å². The maximum atomic E-state index is 12.9. The van der Waals surface area contributed by atoms with Crippen LogP contribution in [0, 0.1) is 5.95 Å². The van der Waals surface area contributed by atoms with Crippen LogP contribution in [0.4, 0.5) is 10.2 Å². The molecular weight excluding hydrogens is 219 g/mol. The van der Waals surface area contributed by atoms with Crippen LogP contribution in [0.1, 0.15) is 26.2 Å². The second kappa shape index (κ2) is 5.91. The van der Waals surface area contributed by atoms with E-state index in [-0.39, 0.29) is 6.04 Å². The number of anilines is 1. The Hall–Kier alpha value is -1.23. The van der Waals surface area contributed by atoms with Crippen molar-refractivity contribution in [2.75, 3.05) is 25.0 Å². The molecule has 1 aliphatic heterocycles. The lowest BCUT2D eigenvalue weighted by atomic mass is 10.1. The number of hydrogen-bond acceptors (Lipinski definition) is 4. The highest BCUT2D eigenvalue weighted by Gasteiger charge is 2.13. The predicted molar refractivity (Wildman–Crippen MR) is 65.4 cm³/mol. The SMILES string of the molecule is CC(CN1CCCCC1)Nc1cc(F)ncn1. The van der Waals surface area contributed by atoms with Crippen LogP contribution in [0.3, 0.4) is 0 Å². The molecule has 1 N–H and O–H groups in total. The summed E-state index contributed by atoms with van der Waals surface area (Å²) in [6.07, 6.45) is 5.16. The first-order valence-corrected chi connectivity index (χ1v) is 6.20. The summed E-state index contributed by atoms with van der Waals surface area (Å²) >= 11 is 0. The highest BCUT2D eigenvalue weighted by Crippen LogP contribution is 2.10. The zero-order valence-corrected chi connectivity index (χ0v) is 10.2. The Kier molecular flexibility index (Phi) is 4.25. The molecule has 5 heteroatoms. The summed E-state index contributed by atoms with van der Waals surface area (Å²) in [6.45, 7) is 5.41. The van der Waals surface area contributed by atoms with Gasteiger partial charge in [-0.2, -0.15) is 4.39 Å². The molecule has 0 aromatic carbocycles. The van der Waals surface area contributed by atoms with Crippen LogP contribution in [0.15, 0.2) is 12.4 Å². The van der Waals surface area contributed by atoms with Crippen molar-refractivity contribution in [3.63, 3.8) is 0 Å². The van der Waals surface area contributed by atoms with Gasteiger partial charge in [0.05, 0.1) is 0 Å². The van der Waals surface area contributed by atoms with Gasteiger partial charge in [-0.15, -0.1) is 0 Å². The number of nitrogens with one attached hydrogen (secondary N) is 1. The van der Waals surface area contributed by atoms with Crippen molar-refractivity contribution in [2.45, 2.75) is 32.2 Å². The third-order valence-corrected chi connectivity index (χ3v) is 3.01. The van der Waals surface area contributed by atoms with Crippen molar-refractivity contribution >= 4 is 5.82 Å². The number of aromatic nitrogens is 2. The van der Waals surface area contributed by atoms with Gasteiger partial charge in [0, 0.05) is 18.7 Å². The van der Waals surface area contributed by atoms with Crippen molar-refractivity contribution in [3.8, 4) is 0 Å². The Bertz CT molecular complexity index is 352. The normalized spacial score (nSPS) is 18.9. The fourth-order valence-electron chi connectivity index (χ4n) is 2.24. The lowest BCUT2D eigenvalue weighted by Gasteiger charge is -2.29. The number of likely N-dealkylation sites (tertiary alicyclic amines) is 1. The molecule has 2 rings (SSSR count). The zero-order valence-electron chi connectivity index (χ0n) is 10.2. The maximum Gasteiger partial charge on any atom is 0.217 e. The summed E-state index contributed by atoms with van der Waals surface area (Å²) in [5, 5.41) is 3.20. The van der Waals surface area contributed by atoms with Gasteiger partial charge in [0.25, 0.3) is 0 Å². The van der Waals surface area contributed by atoms with Crippen molar-refractivity contribution in [1.82, 2.24) is 14.9 Å². The number of nitrogens with zero attached hydrogens (tertiary/aromatic N) is 3. The largest absolute Gasteiger partial charge is 0.366 e. The van der Waals surface area contributed by atoms with Crippen LogP contribution in [0.2, 0.25) is 0 Å². The molecule has 1 saturated heterocycles. The van der Waals surface area contributed by atoms with E-state index < -0.39 is 5.95 Å². The van der Waals surface area contributed by atoms with Crippen LogP contribution in [0.5, 0.6) is 0 Å². The Morgan fingerprint density at radius 3 is 2.82 bits per heavy atom. The molecule has 0 spiro atoms. The van der Waals surface area contributed by atoms with Crippen molar-refractivity contribution in [3.05, 3.63) is 18.3 Å². The van der Waals surface area contributed by atoms with Crippen molar-refractivity contribution in [2.24, 2.45) is 0 Å². The van der Waals surface area contributed by atoms with E-state index in [0.717, 1.165) is 6.54 Å². The molecule has 1 aliphatic rings. The molecule has 94 valence electrons. The van der Waals surface area contributed by atoms with Gasteiger partial charge < -0.3 is 10.2 Å². The Morgan fingerprint density at radius 2 is 2.12 bits per heavy atom. The summed E-state index contributed by atoms with van der Waals surface area (Å²) < 4.78 is 12.9. The maximum absolute atomic E-state index is 12.9. The van der Waals surface area contributed by atoms with E-state index in [1.165, 1.54) is 44.7 Å². The Labute approximate surface area is 101 Å². The van der Waals surface area contributed by atoms with Gasteiger partial charge in [-0.05, 0) is 32.9 Å². The lowest BCUT2D eigenvalue weighted by molar-refractivity contribution is 0.223. The van der Waals surface area contributed by atoms with Crippen LogP contribution in [-0.4, -0.2) is 40.5 Å². The molecular formula is C12H19FN4. The topological polar surface area (TPSA) is 41.0 Å². The summed E-state index contributed by atoms with van der Waals surface area (Å²) in [5.74, 6) is 0.0645. The zero-order chi connectivity index (χ0) is 12.1. The minimum Gasteiger partial charge on any atom is -0.366 e. The molecule has 1 aromatic rings. The molecule has 1 unspecified atom stereocenters. The molecule has 2 heterocycles. The van der Waals surface area contributed by atoms with Gasteiger partial charge >= 0.3 is 0 Å². The average molecular weight is 238 g/mol. The molecule has 0 amide bonds. The van der Waals surface area contributed by atoms with Crippen LogP contribution < -0.4 is 5.32 Å². The number of rotatable bonds is 4. The van der Waals surface area contributed by atoms with E-state index in [9.17, 15) is 4.39 Å². The van der Waals surface area contributed by atoms with Gasteiger partial charge in [-0.1, -0.05) is 6.42 Å². The van der Waals surface area contributed by atoms with E-state index >= 15 is 0 Å². The summed E-state index contributed by atoms with van der Waals surface area (Å²) in [7, 11) is 0. The first-order valence-electron chi connectivity index (χ1n) is 6.20. The third-order valence-electron chi connectivity index (χ3n) is 3.01. The quantitative estimate of drug-likeness (QED) is 0.813. The monoisotopic (exact) mass is 238 g/mol. The first kappa shape index (κ1) is 12.2. The first-order chi connectivity index (χ1) is 8.24. The highest BCUT2D eigenvalue weighted by atomic mass is 19.1. The van der Waals surface area contributed by atoms with E-state index in [4.69, 9.17) is 0 Å². The molecule has 0 bridgehead atoms. The van der Waals surface area contributed by atoms with Gasteiger partial charge in [0.15, 0.2) is 0 Å². The molecule has 1 atom stereocenters. The molecule has 1 fully saturated rings. The fraction of sp³-hybridized carbons (Fsp3) is 0.667. The Morgan fingerprint density at radius 1 is 1.35 bits per heavy atom. The molecule has 4 nitrogen and oxygen atoms in total. The second-order valence-electron chi connectivity index (χ2n) is 4.63. The molecule has 0 radical (unpaired) electrons. The smallest absolute Gasteiger partial charge is 0.217 e. The van der Waals surface area contributed by atoms with Gasteiger partial charge in [-0.3, -0.25) is 0 Å². The molecule has 17 heavy (non-hydrogen) atoms. The molecule has 1 aromatic heterocycles. The Balaban J connectivity index is 1.82. The molecule has 0 saturated carbocycles. The summed E-state index contributed by atoms with van der Waals surface area (Å²) in [5.41, 5.74) is 0. The van der Waals surface area contributed by atoms with Crippen molar-refractivity contribution < 1.29 is 4.39 Å². The second-order valence-corrected chi connectivity index (χ2v) is 4.63. The lowest BCUT2D eigenvalue weighted by Crippen LogP contribution is -2.38. The third kappa shape index (κ3) is 3.93. The van der Waals surface area contributed by atoms with Crippen molar-refractivity contribution in [1.29, 1.82) is 0 Å². The summed E-state index contributed by atoms with van der Waals surface area (Å²) in [4.78, 5) is 9.87. The van der Waals surface area contributed by atoms with E-state index in [1.807, 2.05) is 0 Å². The highest BCUT2D eigenvalue weighted by molar-refractivity contribution is 5.33.